The van der Waals surface area contributed by atoms with Crippen LogP contribution in [0.2, 0.25) is 0 Å². The number of rotatable bonds is 9. The van der Waals surface area contributed by atoms with E-state index in [0.717, 1.165) is 0 Å². The van der Waals surface area contributed by atoms with Gasteiger partial charge in [-0.3, -0.25) is 4.79 Å². The molecule has 16 heteroatoms. The average molecular weight is 651 g/mol. The number of ether oxygens (including phenoxy) is 3. The third-order valence-electron chi connectivity index (χ3n) is 8.70. The summed E-state index contributed by atoms with van der Waals surface area (Å²) >= 11 is 0. The van der Waals surface area contributed by atoms with Gasteiger partial charge in [0, 0.05) is 45.5 Å². The number of nitrogen functional groups attached to an aromatic ring is 1. The van der Waals surface area contributed by atoms with Gasteiger partial charge in [0.15, 0.2) is 6.17 Å². The quantitative estimate of drug-likeness (QED) is 0.400. The Morgan fingerprint density at radius 3 is 2.65 bits per heavy atom. The van der Waals surface area contributed by atoms with Crippen LogP contribution in [-0.2, 0) is 33.4 Å². The molecule has 2 saturated heterocycles. The molecule has 3 aliphatic heterocycles. The lowest BCUT2D eigenvalue weighted by Gasteiger charge is -2.42. The van der Waals surface area contributed by atoms with Gasteiger partial charge in [-0.05, 0) is 38.3 Å². The molecule has 0 aromatic carbocycles. The Hall–Kier alpha value is -3.97. The maximum atomic E-state index is 14.2. The van der Waals surface area contributed by atoms with Gasteiger partial charge in [0.1, 0.15) is 29.6 Å². The van der Waals surface area contributed by atoms with Gasteiger partial charge in [-0.1, -0.05) is 0 Å². The molecule has 12 nitrogen and oxygen atoms in total. The van der Waals surface area contributed by atoms with Gasteiger partial charge in [0.2, 0.25) is 0 Å². The second kappa shape index (κ2) is 13.4. The number of nitriles is 1. The minimum atomic E-state index is -4.66. The molecule has 1 amide bonds. The van der Waals surface area contributed by atoms with Crippen molar-refractivity contribution < 1.29 is 36.6 Å². The number of pyridine rings is 1. The Labute approximate surface area is 264 Å². The predicted molar refractivity (Wildman–Crippen MR) is 159 cm³/mol. The van der Waals surface area contributed by atoms with E-state index in [9.17, 15) is 27.6 Å². The van der Waals surface area contributed by atoms with Crippen LogP contribution >= 0.6 is 0 Å². The van der Waals surface area contributed by atoms with Crippen molar-refractivity contribution in [2.45, 2.75) is 58.0 Å². The molecule has 0 spiro atoms. The smallest absolute Gasteiger partial charge is 0.420 e. The molecular formula is C30H38F4N8O4. The van der Waals surface area contributed by atoms with Gasteiger partial charge >= 0.3 is 12.2 Å². The van der Waals surface area contributed by atoms with Crippen molar-refractivity contribution in [3.63, 3.8) is 0 Å². The fourth-order valence-electron chi connectivity index (χ4n) is 6.44. The van der Waals surface area contributed by atoms with Crippen LogP contribution in [0.5, 0.6) is 6.01 Å². The third-order valence-corrected chi connectivity index (χ3v) is 8.70. The molecule has 46 heavy (non-hydrogen) atoms. The van der Waals surface area contributed by atoms with Crippen molar-refractivity contribution in [3.05, 3.63) is 28.5 Å². The largest absolute Gasteiger partial charge is 0.463 e. The number of amides is 1. The zero-order chi connectivity index (χ0) is 33.2. The van der Waals surface area contributed by atoms with E-state index < -0.39 is 35.3 Å². The lowest BCUT2D eigenvalue weighted by atomic mass is 9.89. The van der Waals surface area contributed by atoms with Gasteiger partial charge in [0.25, 0.3) is 5.91 Å². The lowest BCUT2D eigenvalue weighted by molar-refractivity contribution is -0.139. The molecule has 2 aromatic rings. The Morgan fingerprint density at radius 1 is 1.22 bits per heavy atom. The number of nitrogens with zero attached hydrogens (tertiary/aromatic N) is 7. The van der Waals surface area contributed by atoms with E-state index in [2.05, 4.69) is 16.0 Å². The highest BCUT2D eigenvalue weighted by Gasteiger charge is 2.41. The fraction of sp³-hybridized carbons (Fsp3) is 0.633. The first-order chi connectivity index (χ1) is 21.9. The molecule has 5 heterocycles. The number of alkyl halides is 4. The Bertz CT molecular complexity index is 1480. The second-order valence-electron chi connectivity index (χ2n) is 12.1. The normalized spacial score (nSPS) is 22.4. The standard InChI is InChI=1S/C30H38F4N8O4/c1-18-12-23(36)38-26(24(18)30(32,33)34)40-8-5-21-22(14-40)37-28(46-17-29(15-44-3)6-11-45-16-29)39-25(21)41-9-10-42(27(43)19(2)31)20(13-41)4-7-35/h12,19-20H,4-6,8-11,13-17H2,1-3H3,(H2,36,38)/t19?,20-,29+/m0/s1. The van der Waals surface area contributed by atoms with Crippen LogP contribution in [0.15, 0.2) is 6.07 Å². The summed E-state index contributed by atoms with van der Waals surface area (Å²) in [5, 5.41) is 9.48. The summed E-state index contributed by atoms with van der Waals surface area (Å²) in [6.45, 7) is 4.88. The lowest BCUT2D eigenvalue weighted by Crippen LogP contribution is -2.57. The van der Waals surface area contributed by atoms with Crippen LogP contribution in [-0.4, -0.2) is 97.7 Å². The van der Waals surface area contributed by atoms with E-state index >= 15 is 0 Å². The summed E-state index contributed by atoms with van der Waals surface area (Å²) in [6.07, 6.45) is -5.40. The molecule has 0 radical (unpaired) electrons. The summed E-state index contributed by atoms with van der Waals surface area (Å²) in [5.74, 6) is -0.488. The number of halogens is 4. The van der Waals surface area contributed by atoms with Gasteiger partial charge in [-0.15, -0.1) is 0 Å². The minimum Gasteiger partial charge on any atom is -0.463 e. The topological polar surface area (TPSA) is 143 Å². The SMILES string of the molecule is COC[C@]1(COc2nc3c(c(N4CCN(C(=O)C(C)F)[C@@H](CC#N)C4)n2)CCN(c2nc(N)cc(C)c2C(F)(F)F)C3)CCOC1. The number of aromatic nitrogens is 3. The molecule has 5 rings (SSSR count). The first kappa shape index (κ1) is 33.4. The number of nitrogens with two attached hydrogens (primary N) is 1. The van der Waals surface area contributed by atoms with Crippen molar-refractivity contribution in [3.8, 4) is 12.1 Å². The number of piperazine rings is 1. The number of carbonyl (C=O) groups excluding carboxylic acids is 1. The predicted octanol–water partition coefficient (Wildman–Crippen LogP) is 3.06. The van der Waals surface area contributed by atoms with E-state index in [1.807, 2.05) is 4.90 Å². The van der Waals surface area contributed by atoms with Crippen LogP contribution in [0.3, 0.4) is 0 Å². The van der Waals surface area contributed by atoms with Crippen LogP contribution < -0.4 is 20.3 Å². The van der Waals surface area contributed by atoms with Crippen molar-refractivity contribution >= 4 is 23.4 Å². The molecule has 250 valence electrons. The average Bonchev–Trinajstić information content (AvgIpc) is 3.46. The monoisotopic (exact) mass is 650 g/mol. The highest BCUT2D eigenvalue weighted by molar-refractivity contribution is 5.81. The summed E-state index contributed by atoms with van der Waals surface area (Å²) in [4.78, 5) is 30.9. The summed E-state index contributed by atoms with van der Waals surface area (Å²) in [6, 6.07) is 2.72. The maximum Gasteiger partial charge on any atom is 0.420 e. The van der Waals surface area contributed by atoms with Crippen LogP contribution in [0.1, 0.15) is 42.1 Å². The molecule has 1 unspecified atom stereocenters. The van der Waals surface area contributed by atoms with E-state index in [4.69, 9.17) is 24.9 Å². The van der Waals surface area contributed by atoms with Gasteiger partial charge in [-0.2, -0.15) is 28.4 Å². The first-order valence-electron chi connectivity index (χ1n) is 15.1. The number of hydrogen-bond donors (Lipinski definition) is 1. The Balaban J connectivity index is 1.52. The Morgan fingerprint density at radius 2 is 2.00 bits per heavy atom. The maximum absolute atomic E-state index is 14.2. The molecule has 2 N–H and O–H groups in total. The number of aryl methyl sites for hydroxylation is 1. The molecule has 0 saturated carbocycles. The van der Waals surface area contributed by atoms with Gasteiger partial charge < -0.3 is 34.6 Å². The molecule has 0 aliphatic carbocycles. The van der Waals surface area contributed by atoms with Crippen LogP contribution in [0.25, 0.3) is 0 Å². The Kier molecular flexibility index (Phi) is 9.73. The highest BCUT2D eigenvalue weighted by Crippen LogP contribution is 2.41. The number of hydrogen-bond acceptors (Lipinski definition) is 11. The number of fused-ring (bicyclic) bond motifs is 1. The van der Waals surface area contributed by atoms with E-state index in [1.54, 1.807) is 7.11 Å². The van der Waals surface area contributed by atoms with Crippen molar-refractivity contribution in [2.24, 2.45) is 5.41 Å². The van der Waals surface area contributed by atoms with E-state index in [0.29, 0.717) is 49.9 Å². The number of anilines is 3. The zero-order valence-corrected chi connectivity index (χ0v) is 26.1. The molecule has 3 aliphatic rings. The molecule has 3 atom stereocenters. The van der Waals surface area contributed by atoms with Crippen LogP contribution in [0, 0.1) is 23.7 Å². The molecule has 2 aromatic heterocycles. The summed E-state index contributed by atoms with van der Waals surface area (Å²) in [7, 11) is 1.59. The fourth-order valence-corrected chi connectivity index (χ4v) is 6.44. The summed E-state index contributed by atoms with van der Waals surface area (Å²) in [5.41, 5.74) is 5.75. The molecule has 0 bridgehead atoms. The van der Waals surface area contributed by atoms with Crippen molar-refractivity contribution in [2.75, 3.05) is 75.2 Å². The van der Waals surface area contributed by atoms with Gasteiger partial charge in [0.05, 0.1) is 49.4 Å². The first-order valence-corrected chi connectivity index (χ1v) is 15.1. The number of carbonyl (C=O) groups is 1. The van der Waals surface area contributed by atoms with Crippen molar-refractivity contribution in [1.29, 1.82) is 5.26 Å². The van der Waals surface area contributed by atoms with E-state index in [1.165, 1.54) is 29.7 Å². The zero-order valence-electron chi connectivity index (χ0n) is 26.1. The van der Waals surface area contributed by atoms with Crippen molar-refractivity contribution in [1.82, 2.24) is 19.9 Å². The molecular weight excluding hydrogens is 612 g/mol. The van der Waals surface area contributed by atoms with Crippen LogP contribution in [0.4, 0.5) is 35.0 Å². The number of methoxy groups -OCH3 is 1. The van der Waals surface area contributed by atoms with E-state index in [-0.39, 0.29) is 68.8 Å². The third kappa shape index (κ3) is 6.90. The minimum absolute atomic E-state index is 0.0143. The molecule has 2 fully saturated rings. The summed E-state index contributed by atoms with van der Waals surface area (Å²) < 4.78 is 73.7. The highest BCUT2D eigenvalue weighted by atomic mass is 19.4. The van der Waals surface area contributed by atoms with Gasteiger partial charge in [-0.25, -0.2) is 9.37 Å². The second-order valence-corrected chi connectivity index (χ2v) is 12.1.